The zero-order chi connectivity index (χ0) is 26.4. The summed E-state index contributed by atoms with van der Waals surface area (Å²) in [6, 6.07) is 16.3. The van der Waals surface area contributed by atoms with E-state index in [4.69, 9.17) is 4.74 Å². The minimum Gasteiger partial charge on any atom is -0.496 e. The number of fused-ring (bicyclic) bond motifs is 2. The summed E-state index contributed by atoms with van der Waals surface area (Å²) >= 11 is 2.29. The molecular formula is C28H27N3O5S2. The zero-order valence-electron chi connectivity index (χ0n) is 20.9. The number of anilines is 1. The van der Waals surface area contributed by atoms with Crippen molar-refractivity contribution in [3.05, 3.63) is 74.7 Å². The smallest absolute Gasteiger partial charge is 0.308 e. The van der Waals surface area contributed by atoms with E-state index in [2.05, 4.69) is 0 Å². The number of carbonyl (C=O) groups is 3. The van der Waals surface area contributed by atoms with Crippen molar-refractivity contribution in [2.45, 2.75) is 42.0 Å². The van der Waals surface area contributed by atoms with Gasteiger partial charge >= 0.3 is 4.87 Å². The molecule has 0 bridgehead atoms. The number of rotatable bonds is 5. The fourth-order valence-corrected chi connectivity index (χ4v) is 8.49. The predicted molar refractivity (Wildman–Crippen MR) is 146 cm³/mol. The van der Waals surface area contributed by atoms with Gasteiger partial charge in [-0.2, -0.15) is 0 Å². The van der Waals surface area contributed by atoms with Crippen molar-refractivity contribution in [2.75, 3.05) is 25.1 Å². The van der Waals surface area contributed by atoms with Gasteiger partial charge in [-0.1, -0.05) is 59.5 Å². The van der Waals surface area contributed by atoms with Crippen molar-refractivity contribution in [2.24, 2.45) is 5.92 Å². The van der Waals surface area contributed by atoms with Crippen molar-refractivity contribution in [1.82, 2.24) is 9.47 Å². The topological polar surface area (TPSA) is 88.9 Å². The van der Waals surface area contributed by atoms with Gasteiger partial charge in [0.2, 0.25) is 17.7 Å². The molecule has 3 aliphatic heterocycles. The monoisotopic (exact) mass is 549 g/mol. The predicted octanol–water partition coefficient (Wildman–Crippen LogP) is 3.73. The standard InChI is InChI=1S/C28H27N3O5S2/c1-36-19-13-7-6-12-18(19)21-22-23(26(34)31(25(22)33)17-10-4-2-5-11-17)37-27-24(21)38-28(35)30(27)16-20(32)29-14-8-3-9-15-29/h2,4-7,10-13,21-23H,3,8-9,14-16H2,1H3. The zero-order valence-corrected chi connectivity index (χ0v) is 22.5. The maximum absolute atomic E-state index is 13.9. The molecule has 2 aromatic carbocycles. The number of para-hydroxylation sites is 2. The lowest BCUT2D eigenvalue weighted by atomic mass is 9.82. The van der Waals surface area contributed by atoms with Crippen molar-refractivity contribution < 1.29 is 19.1 Å². The third-order valence-electron chi connectivity index (χ3n) is 7.54. The molecule has 3 aliphatic rings. The Labute approximate surface area is 228 Å². The van der Waals surface area contributed by atoms with Crippen LogP contribution in [0.4, 0.5) is 5.69 Å². The lowest BCUT2D eigenvalue weighted by Gasteiger charge is -2.32. The Morgan fingerprint density at radius 2 is 1.66 bits per heavy atom. The second kappa shape index (κ2) is 10.1. The molecule has 2 saturated heterocycles. The number of hydrogen-bond acceptors (Lipinski definition) is 7. The number of hydrogen-bond donors (Lipinski definition) is 0. The van der Waals surface area contributed by atoms with Crippen LogP contribution in [0.1, 0.15) is 35.6 Å². The van der Waals surface area contributed by atoms with E-state index in [1.807, 2.05) is 35.2 Å². The van der Waals surface area contributed by atoms with Crippen molar-refractivity contribution in [3.8, 4) is 5.75 Å². The van der Waals surface area contributed by atoms with Gasteiger partial charge < -0.3 is 9.64 Å². The number of likely N-dealkylation sites (tertiary alicyclic amines) is 1. The maximum atomic E-state index is 13.9. The normalized spacial score (nSPS) is 22.8. The van der Waals surface area contributed by atoms with Gasteiger partial charge in [0.25, 0.3) is 0 Å². The first kappa shape index (κ1) is 24.9. The average Bonchev–Trinajstić information content (AvgIpc) is 3.40. The molecule has 0 aliphatic carbocycles. The molecule has 10 heteroatoms. The molecule has 3 unspecified atom stereocenters. The van der Waals surface area contributed by atoms with Crippen LogP contribution in [0.2, 0.25) is 0 Å². The summed E-state index contributed by atoms with van der Waals surface area (Å²) in [5, 5.41) is -0.131. The molecule has 4 heterocycles. The molecule has 0 saturated carbocycles. The first-order chi connectivity index (χ1) is 18.5. The van der Waals surface area contributed by atoms with Gasteiger partial charge in [0, 0.05) is 29.4 Å². The number of methoxy groups -OCH3 is 1. The second-order valence-corrected chi connectivity index (χ2v) is 11.8. The van der Waals surface area contributed by atoms with E-state index >= 15 is 0 Å². The third kappa shape index (κ3) is 4.06. The largest absolute Gasteiger partial charge is 0.496 e. The highest BCUT2D eigenvalue weighted by Gasteiger charge is 2.57. The van der Waals surface area contributed by atoms with Crippen LogP contribution >= 0.6 is 23.1 Å². The number of imide groups is 1. The summed E-state index contributed by atoms with van der Waals surface area (Å²) in [6.07, 6.45) is 3.02. The number of amides is 3. The van der Waals surface area contributed by atoms with E-state index in [1.54, 1.807) is 31.4 Å². The van der Waals surface area contributed by atoms with Crippen molar-refractivity contribution in [1.29, 1.82) is 0 Å². The summed E-state index contributed by atoms with van der Waals surface area (Å²) in [6.45, 7) is 1.32. The minimum absolute atomic E-state index is 0.0712. The SMILES string of the molecule is COc1ccccc1C1c2sc(=O)n(CC(=O)N3CCCCC3)c2SC2C(=O)N(c3ccccc3)C(=O)C21. The van der Waals surface area contributed by atoms with Gasteiger partial charge in [-0.25, -0.2) is 4.90 Å². The number of thiazole rings is 1. The molecule has 38 heavy (non-hydrogen) atoms. The van der Waals surface area contributed by atoms with Crippen LogP contribution in [-0.2, 0) is 20.9 Å². The van der Waals surface area contributed by atoms with E-state index in [0.29, 0.717) is 34.4 Å². The van der Waals surface area contributed by atoms with Crippen LogP contribution in [-0.4, -0.2) is 52.6 Å². The van der Waals surface area contributed by atoms with Crippen LogP contribution in [0, 0.1) is 5.92 Å². The summed E-state index contributed by atoms with van der Waals surface area (Å²) in [5.74, 6) is -1.37. The Morgan fingerprint density at radius 3 is 2.39 bits per heavy atom. The summed E-state index contributed by atoms with van der Waals surface area (Å²) in [5.41, 5.74) is 1.27. The molecule has 3 atom stereocenters. The molecule has 3 aromatic rings. The Bertz CT molecular complexity index is 1460. The van der Waals surface area contributed by atoms with Gasteiger partial charge in [0.1, 0.15) is 17.5 Å². The Kier molecular flexibility index (Phi) is 6.61. The Morgan fingerprint density at radius 1 is 0.947 bits per heavy atom. The molecule has 0 radical (unpaired) electrons. The van der Waals surface area contributed by atoms with E-state index in [1.165, 1.54) is 21.2 Å². The molecule has 0 spiro atoms. The average molecular weight is 550 g/mol. The molecule has 8 nitrogen and oxygen atoms in total. The first-order valence-corrected chi connectivity index (χ1v) is 14.4. The number of nitrogens with zero attached hydrogens (tertiary/aromatic N) is 3. The molecular weight excluding hydrogens is 522 g/mol. The highest BCUT2D eigenvalue weighted by atomic mass is 32.2. The summed E-state index contributed by atoms with van der Waals surface area (Å²) in [4.78, 5) is 57.7. The third-order valence-corrected chi connectivity index (χ3v) is 10.1. The lowest BCUT2D eigenvalue weighted by Crippen LogP contribution is -2.39. The number of thioether (sulfide) groups is 1. The second-order valence-electron chi connectivity index (χ2n) is 9.70. The number of ether oxygens (including phenoxy) is 1. The lowest BCUT2D eigenvalue weighted by molar-refractivity contribution is -0.133. The number of carbonyl (C=O) groups excluding carboxylic acids is 3. The Hall–Kier alpha value is -3.37. The molecule has 1 aromatic heterocycles. The van der Waals surface area contributed by atoms with Crippen molar-refractivity contribution in [3.63, 3.8) is 0 Å². The summed E-state index contributed by atoms with van der Waals surface area (Å²) in [7, 11) is 1.57. The van der Waals surface area contributed by atoms with Crippen molar-refractivity contribution >= 4 is 46.5 Å². The van der Waals surface area contributed by atoms with E-state index in [9.17, 15) is 19.2 Å². The van der Waals surface area contributed by atoms with Crippen LogP contribution in [0.5, 0.6) is 5.75 Å². The molecule has 6 rings (SSSR count). The highest BCUT2D eigenvalue weighted by molar-refractivity contribution is 8.00. The van der Waals surface area contributed by atoms with Crippen LogP contribution in [0.25, 0.3) is 0 Å². The number of piperidine rings is 1. The number of benzene rings is 2. The summed E-state index contributed by atoms with van der Waals surface area (Å²) < 4.78 is 7.16. The minimum atomic E-state index is -0.726. The maximum Gasteiger partial charge on any atom is 0.308 e. The first-order valence-electron chi connectivity index (χ1n) is 12.7. The van der Waals surface area contributed by atoms with Gasteiger partial charge in [-0.15, -0.1) is 0 Å². The van der Waals surface area contributed by atoms with Crippen LogP contribution in [0.3, 0.4) is 0 Å². The van der Waals surface area contributed by atoms with Gasteiger partial charge in [0.05, 0.1) is 23.7 Å². The van der Waals surface area contributed by atoms with E-state index < -0.39 is 17.1 Å². The van der Waals surface area contributed by atoms with Crippen LogP contribution < -0.4 is 14.5 Å². The quantitative estimate of drug-likeness (QED) is 0.451. The highest BCUT2D eigenvalue weighted by Crippen LogP contribution is 2.55. The van der Waals surface area contributed by atoms with E-state index in [-0.39, 0.29) is 29.1 Å². The van der Waals surface area contributed by atoms with Gasteiger partial charge in [-0.3, -0.25) is 23.7 Å². The van der Waals surface area contributed by atoms with Crippen LogP contribution in [0.15, 0.2) is 64.4 Å². The molecule has 3 amide bonds. The number of aromatic nitrogens is 1. The van der Waals surface area contributed by atoms with E-state index in [0.717, 1.165) is 36.2 Å². The van der Waals surface area contributed by atoms with Gasteiger partial charge in [0.15, 0.2) is 0 Å². The fraction of sp³-hybridized carbons (Fsp3) is 0.357. The molecule has 2 fully saturated rings. The van der Waals surface area contributed by atoms with Gasteiger partial charge in [-0.05, 0) is 37.5 Å². The fourth-order valence-electron chi connectivity index (χ4n) is 5.72. The molecule has 0 N–H and O–H groups in total. The Balaban J connectivity index is 1.46. The molecule has 196 valence electrons.